The number of rotatable bonds is 3. The van der Waals surface area contributed by atoms with Crippen LogP contribution in [0.3, 0.4) is 0 Å². The van der Waals surface area contributed by atoms with Gasteiger partial charge in [0.15, 0.2) is 5.65 Å². The molecule has 0 aromatic carbocycles. The van der Waals surface area contributed by atoms with Crippen molar-refractivity contribution in [2.75, 3.05) is 11.9 Å². The van der Waals surface area contributed by atoms with Crippen LogP contribution in [0.15, 0.2) is 12.3 Å². The van der Waals surface area contributed by atoms with Crippen molar-refractivity contribution in [3.05, 3.63) is 18.0 Å². The highest BCUT2D eigenvalue weighted by molar-refractivity contribution is 5.98. The van der Waals surface area contributed by atoms with Gasteiger partial charge < -0.3 is 10.2 Å². The van der Waals surface area contributed by atoms with E-state index in [1.165, 1.54) is 0 Å². The quantitative estimate of drug-likeness (QED) is 0.924. The Labute approximate surface area is 133 Å². The van der Waals surface area contributed by atoms with E-state index < -0.39 is 0 Å². The molecule has 7 heteroatoms. The topological polar surface area (TPSA) is 80.1 Å². The second kappa shape index (κ2) is 5.04. The molecule has 0 bridgehead atoms. The van der Waals surface area contributed by atoms with Crippen LogP contribution in [0.2, 0.25) is 0 Å². The molecule has 23 heavy (non-hydrogen) atoms. The number of pyridine rings is 1. The van der Waals surface area contributed by atoms with Crippen molar-refractivity contribution in [2.45, 2.75) is 32.2 Å². The second-order valence-corrected chi connectivity index (χ2v) is 6.47. The molecule has 1 aliphatic heterocycles. The van der Waals surface area contributed by atoms with Gasteiger partial charge in [0, 0.05) is 31.4 Å². The zero-order chi connectivity index (χ0) is 16.1. The molecule has 2 amide bonds. The number of nitrogens with one attached hydrogen (secondary N) is 1. The minimum absolute atomic E-state index is 0.101. The molecular weight excluding hydrogens is 294 g/mol. The monoisotopic (exact) mass is 313 g/mol. The number of carbonyl (C=O) groups excluding carboxylic acids is 2. The maximum atomic E-state index is 12.4. The average molecular weight is 313 g/mol. The summed E-state index contributed by atoms with van der Waals surface area (Å²) in [4.78, 5) is 30.6. The Balaban J connectivity index is 1.50. The number of aromatic nitrogens is 3. The summed E-state index contributed by atoms with van der Waals surface area (Å²) in [5, 5.41) is 8.14. The van der Waals surface area contributed by atoms with Crippen molar-refractivity contribution < 1.29 is 9.59 Å². The third kappa shape index (κ3) is 2.46. The maximum Gasteiger partial charge on any atom is 0.229 e. The van der Waals surface area contributed by atoms with Gasteiger partial charge in [-0.05, 0) is 25.8 Å². The predicted octanol–water partition coefficient (Wildman–Crippen LogP) is 1.23. The van der Waals surface area contributed by atoms with Crippen LogP contribution >= 0.6 is 0 Å². The first-order chi connectivity index (χ1) is 11.0. The summed E-state index contributed by atoms with van der Waals surface area (Å²) in [5.74, 6) is -0.276. The Morgan fingerprint density at radius 1 is 1.39 bits per heavy atom. The molecule has 0 spiro atoms. The number of amides is 2. The summed E-state index contributed by atoms with van der Waals surface area (Å²) >= 11 is 0. The molecule has 1 atom stereocenters. The van der Waals surface area contributed by atoms with Gasteiger partial charge in [0.1, 0.15) is 0 Å². The molecule has 2 aliphatic rings. The fourth-order valence-corrected chi connectivity index (χ4v) is 3.27. The first-order valence-corrected chi connectivity index (χ1v) is 7.92. The summed E-state index contributed by atoms with van der Waals surface area (Å²) in [6, 6.07) is 2.26. The first kappa shape index (κ1) is 14.2. The summed E-state index contributed by atoms with van der Waals surface area (Å²) < 4.78 is 1.72. The molecule has 3 heterocycles. The number of hydrogen-bond acceptors (Lipinski definition) is 4. The summed E-state index contributed by atoms with van der Waals surface area (Å²) in [6.45, 7) is 2.45. The van der Waals surface area contributed by atoms with Crippen LogP contribution in [0.1, 0.15) is 25.0 Å². The van der Waals surface area contributed by atoms with Crippen LogP contribution in [0, 0.1) is 12.8 Å². The van der Waals surface area contributed by atoms with Gasteiger partial charge >= 0.3 is 0 Å². The lowest BCUT2D eigenvalue weighted by molar-refractivity contribution is -0.128. The zero-order valence-electron chi connectivity index (χ0n) is 13.2. The van der Waals surface area contributed by atoms with Gasteiger partial charge in [-0.15, -0.1) is 0 Å². The van der Waals surface area contributed by atoms with Gasteiger partial charge in [-0.25, -0.2) is 4.98 Å². The smallest absolute Gasteiger partial charge is 0.229 e. The van der Waals surface area contributed by atoms with Crippen LogP contribution < -0.4 is 5.32 Å². The number of anilines is 1. The predicted molar refractivity (Wildman–Crippen MR) is 84.7 cm³/mol. The number of hydrogen-bond donors (Lipinski definition) is 1. The van der Waals surface area contributed by atoms with Gasteiger partial charge in [0.2, 0.25) is 11.8 Å². The number of carbonyl (C=O) groups is 2. The molecular formula is C16H19N5O2. The van der Waals surface area contributed by atoms with Crippen molar-refractivity contribution in [1.29, 1.82) is 0 Å². The van der Waals surface area contributed by atoms with Crippen molar-refractivity contribution in [3.63, 3.8) is 0 Å². The molecule has 7 nitrogen and oxygen atoms in total. The fraction of sp³-hybridized carbons (Fsp3) is 0.500. The van der Waals surface area contributed by atoms with Crippen molar-refractivity contribution >= 4 is 28.5 Å². The van der Waals surface area contributed by atoms with Crippen molar-refractivity contribution in [1.82, 2.24) is 19.7 Å². The number of nitrogens with zero attached hydrogens (tertiary/aromatic N) is 4. The molecule has 0 radical (unpaired) electrons. The van der Waals surface area contributed by atoms with E-state index in [1.807, 2.05) is 24.9 Å². The summed E-state index contributed by atoms with van der Waals surface area (Å²) in [5.41, 5.74) is 2.31. The van der Waals surface area contributed by atoms with Gasteiger partial charge in [-0.1, -0.05) is 0 Å². The van der Waals surface area contributed by atoms with Crippen LogP contribution in [0.4, 0.5) is 5.69 Å². The van der Waals surface area contributed by atoms with E-state index in [1.54, 1.807) is 10.9 Å². The molecule has 1 saturated heterocycles. The first-order valence-electron chi connectivity index (χ1n) is 7.92. The highest BCUT2D eigenvalue weighted by Gasteiger charge is 2.41. The van der Waals surface area contributed by atoms with Crippen molar-refractivity contribution in [3.8, 4) is 0 Å². The number of likely N-dealkylation sites (tertiary alicyclic amines) is 1. The Morgan fingerprint density at radius 3 is 2.91 bits per heavy atom. The van der Waals surface area contributed by atoms with Crippen LogP contribution in [-0.2, 0) is 16.6 Å². The summed E-state index contributed by atoms with van der Waals surface area (Å²) in [6.07, 6.45) is 4.09. The maximum absolute atomic E-state index is 12.4. The lowest BCUT2D eigenvalue weighted by Crippen LogP contribution is -2.29. The Morgan fingerprint density at radius 2 is 2.17 bits per heavy atom. The highest BCUT2D eigenvalue weighted by Crippen LogP contribution is 2.33. The molecule has 120 valence electrons. The van der Waals surface area contributed by atoms with Crippen molar-refractivity contribution in [2.24, 2.45) is 13.0 Å². The van der Waals surface area contributed by atoms with E-state index in [9.17, 15) is 9.59 Å². The molecule has 2 aromatic rings. The highest BCUT2D eigenvalue weighted by atomic mass is 16.2. The van der Waals surface area contributed by atoms with E-state index >= 15 is 0 Å². The Kier molecular flexibility index (Phi) is 3.11. The minimum Gasteiger partial charge on any atom is -0.339 e. The molecule has 0 unspecified atom stereocenters. The Bertz CT molecular complexity index is 808. The molecule has 4 rings (SSSR count). The molecule has 2 aromatic heterocycles. The fourth-order valence-electron chi connectivity index (χ4n) is 3.27. The van der Waals surface area contributed by atoms with E-state index in [0.29, 0.717) is 24.7 Å². The van der Waals surface area contributed by atoms with E-state index in [-0.39, 0.29) is 17.7 Å². The average Bonchev–Trinajstić information content (AvgIpc) is 3.22. The van der Waals surface area contributed by atoms with Gasteiger partial charge in [-0.2, -0.15) is 5.10 Å². The standard InChI is InChI=1S/C16H19N5O2/c1-9-13-6-11(7-17-15(13)20(2)19-9)18-16(23)10-5-14(22)21(8-10)12-3-4-12/h6-7,10,12H,3-5,8H2,1-2H3,(H,18,23)/t10-/m0/s1. The van der Waals surface area contributed by atoms with E-state index in [0.717, 1.165) is 29.6 Å². The van der Waals surface area contributed by atoms with Crippen LogP contribution in [0.5, 0.6) is 0 Å². The third-order valence-corrected chi connectivity index (χ3v) is 4.65. The number of aryl methyl sites for hydroxylation is 2. The van der Waals surface area contributed by atoms with E-state index in [2.05, 4.69) is 15.4 Å². The van der Waals surface area contributed by atoms with Gasteiger partial charge in [0.25, 0.3) is 0 Å². The molecule has 1 saturated carbocycles. The van der Waals surface area contributed by atoms with Gasteiger partial charge in [0.05, 0.1) is 23.5 Å². The molecule has 1 aliphatic carbocycles. The SMILES string of the molecule is Cc1nn(C)c2ncc(NC(=O)[C@H]3CC(=O)N(C4CC4)C3)cc12. The normalized spacial score (nSPS) is 21.2. The van der Waals surface area contributed by atoms with E-state index in [4.69, 9.17) is 0 Å². The van der Waals surface area contributed by atoms with Crippen LogP contribution in [0.25, 0.3) is 11.0 Å². The van der Waals surface area contributed by atoms with Crippen LogP contribution in [-0.4, -0.2) is 44.1 Å². The third-order valence-electron chi connectivity index (χ3n) is 4.65. The molecule has 1 N–H and O–H groups in total. The molecule has 2 fully saturated rings. The Hall–Kier alpha value is -2.44. The summed E-state index contributed by atoms with van der Waals surface area (Å²) in [7, 11) is 1.84. The second-order valence-electron chi connectivity index (χ2n) is 6.47. The largest absolute Gasteiger partial charge is 0.339 e. The zero-order valence-corrected chi connectivity index (χ0v) is 13.2. The lowest BCUT2D eigenvalue weighted by atomic mass is 10.1. The lowest BCUT2D eigenvalue weighted by Gasteiger charge is -2.15. The number of fused-ring (bicyclic) bond motifs is 1. The minimum atomic E-state index is -0.270. The van der Waals surface area contributed by atoms with Gasteiger partial charge in [-0.3, -0.25) is 14.3 Å².